The Labute approximate surface area is 115 Å². The first-order valence-corrected chi connectivity index (χ1v) is 5.91. The van der Waals surface area contributed by atoms with E-state index in [1.54, 1.807) is 0 Å². The lowest BCUT2D eigenvalue weighted by molar-refractivity contribution is 0.0660. The predicted octanol–water partition coefficient (Wildman–Crippen LogP) is 2.40. The van der Waals surface area contributed by atoms with Crippen LogP contribution in [0.4, 0.5) is 4.79 Å². The second kappa shape index (κ2) is 6.42. The fraction of sp³-hybridized carbons (Fsp3) is 0.143. The summed E-state index contributed by atoms with van der Waals surface area (Å²) in [5.74, 6) is -0.971. The number of carboxylic acid groups (broad SMARTS) is 1. The molecule has 0 bridgehead atoms. The van der Waals surface area contributed by atoms with Crippen molar-refractivity contribution in [3.63, 3.8) is 0 Å². The molecule has 0 aliphatic heterocycles. The van der Waals surface area contributed by atoms with Crippen LogP contribution < -0.4 is 5.32 Å². The fourth-order valence-corrected chi connectivity index (χ4v) is 1.52. The maximum Gasteiger partial charge on any atom is 0.407 e. The highest BCUT2D eigenvalue weighted by Crippen LogP contribution is 2.07. The molecule has 6 heteroatoms. The summed E-state index contributed by atoms with van der Waals surface area (Å²) in [4.78, 5) is 22.0. The summed E-state index contributed by atoms with van der Waals surface area (Å²) in [6, 6.07) is 12.1. The average Bonchev–Trinajstić information content (AvgIpc) is 2.93. The van der Waals surface area contributed by atoms with Gasteiger partial charge in [0.2, 0.25) is 5.76 Å². The van der Waals surface area contributed by atoms with Crippen molar-refractivity contribution < 1.29 is 23.8 Å². The second-order valence-corrected chi connectivity index (χ2v) is 3.99. The van der Waals surface area contributed by atoms with Gasteiger partial charge >= 0.3 is 12.1 Å². The molecule has 1 heterocycles. The summed E-state index contributed by atoms with van der Waals surface area (Å²) in [5.41, 5.74) is 0.883. The Morgan fingerprint density at radius 2 is 1.90 bits per heavy atom. The molecular formula is C14H13NO5. The van der Waals surface area contributed by atoms with Crippen LogP contribution in [0.25, 0.3) is 0 Å². The molecule has 1 aromatic carbocycles. The lowest BCUT2D eigenvalue weighted by atomic mass is 10.2. The number of aromatic carboxylic acids is 1. The topological polar surface area (TPSA) is 88.8 Å². The van der Waals surface area contributed by atoms with E-state index in [0.29, 0.717) is 5.76 Å². The molecular weight excluding hydrogens is 262 g/mol. The van der Waals surface area contributed by atoms with E-state index in [2.05, 4.69) is 5.32 Å². The second-order valence-electron chi connectivity index (χ2n) is 3.99. The molecule has 6 nitrogen and oxygen atoms in total. The molecule has 0 unspecified atom stereocenters. The number of hydrogen-bond donors (Lipinski definition) is 2. The zero-order valence-electron chi connectivity index (χ0n) is 10.5. The van der Waals surface area contributed by atoms with Crippen molar-refractivity contribution in [2.75, 3.05) is 0 Å². The Kier molecular flexibility index (Phi) is 4.39. The first-order valence-electron chi connectivity index (χ1n) is 5.91. The third kappa shape index (κ3) is 3.88. The Hall–Kier alpha value is -2.76. The van der Waals surface area contributed by atoms with Gasteiger partial charge in [-0.15, -0.1) is 0 Å². The van der Waals surface area contributed by atoms with E-state index in [1.807, 2.05) is 30.3 Å². The molecule has 0 spiro atoms. The van der Waals surface area contributed by atoms with Gasteiger partial charge in [-0.3, -0.25) is 0 Å². The number of rotatable bonds is 5. The molecule has 0 aliphatic rings. The fourth-order valence-electron chi connectivity index (χ4n) is 1.52. The van der Waals surface area contributed by atoms with Gasteiger partial charge in [0.1, 0.15) is 12.4 Å². The average molecular weight is 275 g/mol. The zero-order chi connectivity index (χ0) is 14.4. The van der Waals surface area contributed by atoms with Crippen molar-refractivity contribution in [1.29, 1.82) is 0 Å². The monoisotopic (exact) mass is 275 g/mol. The molecule has 0 atom stereocenters. The molecule has 104 valence electrons. The highest BCUT2D eigenvalue weighted by Gasteiger charge is 2.10. The van der Waals surface area contributed by atoms with Crippen LogP contribution >= 0.6 is 0 Å². The molecule has 2 N–H and O–H groups in total. The summed E-state index contributed by atoms with van der Waals surface area (Å²) in [5, 5.41) is 11.2. The summed E-state index contributed by atoms with van der Waals surface area (Å²) in [6.45, 7) is 0.242. The Morgan fingerprint density at radius 3 is 2.55 bits per heavy atom. The van der Waals surface area contributed by atoms with Crippen molar-refractivity contribution in [3.8, 4) is 0 Å². The molecule has 0 radical (unpaired) electrons. The van der Waals surface area contributed by atoms with Crippen LogP contribution in [-0.4, -0.2) is 17.2 Å². The van der Waals surface area contributed by atoms with Crippen LogP contribution in [0.1, 0.15) is 21.9 Å². The lowest BCUT2D eigenvalue weighted by Crippen LogP contribution is -2.23. The number of carboxylic acids is 1. The SMILES string of the molecule is O=C(NCc1ccc(C(=O)O)o1)OCc1ccccc1. The van der Waals surface area contributed by atoms with Gasteiger partial charge in [0.25, 0.3) is 0 Å². The summed E-state index contributed by atoms with van der Waals surface area (Å²) < 4.78 is 9.98. The number of furan rings is 1. The number of hydrogen-bond acceptors (Lipinski definition) is 4. The van der Waals surface area contributed by atoms with Gasteiger partial charge in [-0.1, -0.05) is 30.3 Å². The van der Waals surface area contributed by atoms with Gasteiger partial charge in [0.15, 0.2) is 0 Å². The van der Waals surface area contributed by atoms with Crippen LogP contribution in [0.15, 0.2) is 46.9 Å². The van der Waals surface area contributed by atoms with E-state index >= 15 is 0 Å². The third-order valence-corrected chi connectivity index (χ3v) is 2.49. The molecule has 0 saturated carbocycles. The minimum atomic E-state index is -1.15. The maximum atomic E-state index is 11.4. The van der Waals surface area contributed by atoms with Crippen molar-refractivity contribution in [2.45, 2.75) is 13.2 Å². The van der Waals surface area contributed by atoms with E-state index in [1.165, 1.54) is 12.1 Å². The predicted molar refractivity (Wildman–Crippen MR) is 69.1 cm³/mol. The number of nitrogens with one attached hydrogen (secondary N) is 1. The Bertz CT molecular complexity index is 591. The van der Waals surface area contributed by atoms with Gasteiger partial charge in [-0.2, -0.15) is 0 Å². The van der Waals surface area contributed by atoms with Crippen molar-refractivity contribution in [3.05, 3.63) is 59.5 Å². The Balaban J connectivity index is 1.76. The number of benzene rings is 1. The normalized spacial score (nSPS) is 10.0. The molecule has 1 amide bonds. The van der Waals surface area contributed by atoms with Gasteiger partial charge in [0, 0.05) is 0 Å². The van der Waals surface area contributed by atoms with Crippen LogP contribution in [-0.2, 0) is 17.9 Å². The quantitative estimate of drug-likeness (QED) is 0.874. The summed E-state index contributed by atoms with van der Waals surface area (Å²) >= 11 is 0. The molecule has 1 aromatic heterocycles. The summed E-state index contributed by atoms with van der Waals surface area (Å²) in [6.07, 6.45) is -0.595. The molecule has 0 saturated heterocycles. The van der Waals surface area contributed by atoms with Crippen molar-refractivity contribution >= 4 is 12.1 Å². The smallest absolute Gasteiger partial charge is 0.407 e. The molecule has 2 rings (SSSR count). The standard InChI is InChI=1S/C14H13NO5/c16-13(17)12-7-6-11(20-12)8-15-14(18)19-9-10-4-2-1-3-5-10/h1-7H,8-9H2,(H,15,18)(H,16,17). The highest BCUT2D eigenvalue weighted by molar-refractivity contribution is 5.84. The van der Waals surface area contributed by atoms with Crippen LogP contribution in [0.3, 0.4) is 0 Å². The first-order chi connectivity index (χ1) is 9.65. The molecule has 2 aromatic rings. The number of amides is 1. The Morgan fingerprint density at radius 1 is 1.15 bits per heavy atom. The number of carbonyl (C=O) groups excluding carboxylic acids is 1. The van der Waals surface area contributed by atoms with E-state index in [-0.39, 0.29) is 18.9 Å². The van der Waals surface area contributed by atoms with Crippen LogP contribution in [0.5, 0.6) is 0 Å². The lowest BCUT2D eigenvalue weighted by Gasteiger charge is -2.05. The van der Waals surface area contributed by atoms with E-state index in [4.69, 9.17) is 14.3 Å². The van der Waals surface area contributed by atoms with Crippen LogP contribution in [0.2, 0.25) is 0 Å². The van der Waals surface area contributed by atoms with Gasteiger partial charge in [0.05, 0.1) is 6.54 Å². The van der Waals surface area contributed by atoms with E-state index < -0.39 is 12.1 Å². The van der Waals surface area contributed by atoms with E-state index in [0.717, 1.165) is 5.56 Å². The van der Waals surface area contributed by atoms with Crippen molar-refractivity contribution in [2.24, 2.45) is 0 Å². The zero-order valence-corrected chi connectivity index (χ0v) is 10.5. The maximum absolute atomic E-state index is 11.4. The first kappa shape index (κ1) is 13.7. The third-order valence-electron chi connectivity index (χ3n) is 2.49. The minimum Gasteiger partial charge on any atom is -0.475 e. The van der Waals surface area contributed by atoms with Gasteiger partial charge < -0.3 is 19.6 Å². The number of alkyl carbamates (subject to hydrolysis) is 1. The van der Waals surface area contributed by atoms with Crippen molar-refractivity contribution in [1.82, 2.24) is 5.32 Å². The van der Waals surface area contributed by atoms with Gasteiger partial charge in [-0.05, 0) is 17.7 Å². The number of ether oxygens (including phenoxy) is 1. The van der Waals surface area contributed by atoms with Gasteiger partial charge in [-0.25, -0.2) is 9.59 Å². The summed E-state index contributed by atoms with van der Waals surface area (Å²) in [7, 11) is 0. The highest BCUT2D eigenvalue weighted by atomic mass is 16.5. The molecule has 20 heavy (non-hydrogen) atoms. The molecule has 0 fully saturated rings. The molecule has 0 aliphatic carbocycles. The minimum absolute atomic E-state index is 0.0703. The van der Waals surface area contributed by atoms with E-state index in [9.17, 15) is 9.59 Å². The largest absolute Gasteiger partial charge is 0.475 e. The van der Waals surface area contributed by atoms with Crippen LogP contribution in [0, 0.1) is 0 Å². The number of carbonyl (C=O) groups is 2.